The Labute approximate surface area is 212 Å². The maximum atomic E-state index is 12.7. The highest BCUT2D eigenvalue weighted by atomic mass is 35.5. The Balaban J connectivity index is 1.38. The maximum Gasteiger partial charge on any atom is 0.251 e. The number of rotatable bonds is 8. The van der Waals surface area contributed by atoms with E-state index in [-0.39, 0.29) is 12.5 Å². The van der Waals surface area contributed by atoms with E-state index in [2.05, 4.69) is 22.3 Å². The van der Waals surface area contributed by atoms with Gasteiger partial charge in [-0.3, -0.25) is 9.10 Å². The standard InChI is InChI=1S/C27H30ClN3O3S/c1-35(33,34)31(20-22-5-11-24(28)12-6-22)26-15-9-23(10-16-26)27(32)29-19-21-7-13-25(14-8-21)30-17-3-2-4-18-30/h5-16H,2-4,17-20H2,1H3,(H,29,32). The Morgan fingerprint density at radius 2 is 1.49 bits per heavy atom. The molecule has 0 bridgehead atoms. The number of anilines is 2. The van der Waals surface area contributed by atoms with Crippen molar-refractivity contribution in [2.24, 2.45) is 0 Å². The minimum absolute atomic E-state index is 0.176. The van der Waals surface area contributed by atoms with Crippen LogP contribution in [0.15, 0.2) is 72.8 Å². The summed E-state index contributed by atoms with van der Waals surface area (Å²) in [5.74, 6) is -0.208. The van der Waals surface area contributed by atoms with Gasteiger partial charge < -0.3 is 10.2 Å². The minimum atomic E-state index is -3.52. The van der Waals surface area contributed by atoms with E-state index in [4.69, 9.17) is 11.6 Å². The van der Waals surface area contributed by atoms with Crippen LogP contribution in [0, 0.1) is 0 Å². The second kappa shape index (κ2) is 11.1. The van der Waals surface area contributed by atoms with Crippen LogP contribution in [-0.4, -0.2) is 33.7 Å². The van der Waals surface area contributed by atoms with Crippen molar-refractivity contribution in [1.29, 1.82) is 0 Å². The highest BCUT2D eigenvalue weighted by Gasteiger charge is 2.18. The lowest BCUT2D eigenvalue weighted by Crippen LogP contribution is -2.29. The van der Waals surface area contributed by atoms with E-state index in [9.17, 15) is 13.2 Å². The summed E-state index contributed by atoms with van der Waals surface area (Å²) < 4.78 is 26.2. The summed E-state index contributed by atoms with van der Waals surface area (Å²) in [5, 5.41) is 3.53. The van der Waals surface area contributed by atoms with Gasteiger partial charge >= 0.3 is 0 Å². The number of carbonyl (C=O) groups excluding carboxylic acids is 1. The van der Waals surface area contributed by atoms with Crippen molar-refractivity contribution < 1.29 is 13.2 Å². The van der Waals surface area contributed by atoms with Crippen molar-refractivity contribution in [3.05, 3.63) is 94.5 Å². The number of hydrogen-bond acceptors (Lipinski definition) is 4. The van der Waals surface area contributed by atoms with Crippen LogP contribution < -0.4 is 14.5 Å². The summed E-state index contributed by atoms with van der Waals surface area (Å²) in [6.45, 7) is 2.80. The number of sulfonamides is 1. The molecule has 0 spiro atoms. The molecule has 1 saturated heterocycles. The van der Waals surface area contributed by atoms with Crippen molar-refractivity contribution in [3.63, 3.8) is 0 Å². The molecule has 3 aromatic carbocycles. The second-order valence-corrected chi connectivity index (χ2v) is 11.2. The Kier molecular flexibility index (Phi) is 7.98. The molecular formula is C27H30ClN3O3S. The summed E-state index contributed by atoms with van der Waals surface area (Å²) in [6, 6.07) is 22.0. The average molecular weight is 512 g/mol. The maximum absolute atomic E-state index is 12.7. The summed E-state index contributed by atoms with van der Waals surface area (Å²) >= 11 is 5.93. The molecule has 35 heavy (non-hydrogen) atoms. The van der Waals surface area contributed by atoms with Crippen molar-refractivity contribution in [2.45, 2.75) is 32.4 Å². The molecule has 6 nitrogen and oxygen atoms in total. The highest BCUT2D eigenvalue weighted by Crippen LogP contribution is 2.23. The Hall–Kier alpha value is -3.03. The summed E-state index contributed by atoms with van der Waals surface area (Å²) in [6.07, 6.45) is 4.94. The number of nitrogens with one attached hydrogen (secondary N) is 1. The van der Waals surface area contributed by atoms with Crippen LogP contribution in [0.25, 0.3) is 0 Å². The van der Waals surface area contributed by atoms with E-state index in [1.165, 1.54) is 35.5 Å². The topological polar surface area (TPSA) is 69.7 Å². The van der Waals surface area contributed by atoms with Crippen molar-refractivity contribution in [1.82, 2.24) is 5.32 Å². The molecule has 1 heterocycles. The number of benzene rings is 3. The smallest absolute Gasteiger partial charge is 0.251 e. The predicted octanol–water partition coefficient (Wildman–Crippen LogP) is 5.23. The fourth-order valence-electron chi connectivity index (χ4n) is 4.20. The third kappa shape index (κ3) is 6.77. The number of halogens is 1. The molecule has 0 saturated carbocycles. The molecule has 0 aliphatic carbocycles. The van der Waals surface area contributed by atoms with Gasteiger partial charge in [-0.15, -0.1) is 0 Å². The SMILES string of the molecule is CS(=O)(=O)N(Cc1ccc(Cl)cc1)c1ccc(C(=O)NCc2ccc(N3CCCCC3)cc2)cc1. The lowest BCUT2D eigenvalue weighted by Gasteiger charge is -2.28. The largest absolute Gasteiger partial charge is 0.372 e. The molecule has 1 amide bonds. The third-order valence-electron chi connectivity index (χ3n) is 6.17. The number of carbonyl (C=O) groups is 1. The van der Waals surface area contributed by atoms with E-state index >= 15 is 0 Å². The minimum Gasteiger partial charge on any atom is -0.372 e. The highest BCUT2D eigenvalue weighted by molar-refractivity contribution is 7.92. The van der Waals surface area contributed by atoms with Crippen LogP contribution in [-0.2, 0) is 23.1 Å². The van der Waals surface area contributed by atoms with Crippen molar-refractivity contribution in [3.8, 4) is 0 Å². The monoisotopic (exact) mass is 511 g/mol. The fourth-order valence-corrected chi connectivity index (χ4v) is 5.21. The van der Waals surface area contributed by atoms with Gasteiger partial charge in [0.25, 0.3) is 5.91 Å². The first-order valence-corrected chi connectivity index (χ1v) is 14.0. The quantitative estimate of drug-likeness (QED) is 0.450. The summed E-state index contributed by atoms with van der Waals surface area (Å²) in [7, 11) is -3.52. The number of nitrogens with zero attached hydrogens (tertiary/aromatic N) is 2. The van der Waals surface area contributed by atoms with Crippen LogP contribution in [0.2, 0.25) is 5.02 Å². The number of piperidine rings is 1. The van der Waals surface area contributed by atoms with Gasteiger partial charge in [-0.05, 0) is 78.9 Å². The zero-order valence-corrected chi connectivity index (χ0v) is 21.4. The lowest BCUT2D eigenvalue weighted by atomic mass is 10.1. The number of hydrogen-bond donors (Lipinski definition) is 1. The molecule has 1 aliphatic rings. The van der Waals surface area contributed by atoms with Crippen molar-refractivity contribution >= 4 is 38.9 Å². The molecule has 8 heteroatoms. The van der Waals surface area contributed by atoms with Gasteiger partial charge in [-0.2, -0.15) is 0 Å². The molecule has 0 unspecified atom stereocenters. The first-order valence-electron chi connectivity index (χ1n) is 11.7. The summed E-state index contributed by atoms with van der Waals surface area (Å²) in [4.78, 5) is 15.1. The molecule has 4 rings (SSSR count). The molecule has 1 fully saturated rings. The van der Waals surface area contributed by atoms with E-state index in [1.807, 2.05) is 12.1 Å². The zero-order chi connectivity index (χ0) is 24.8. The van der Waals surface area contributed by atoms with Crippen LogP contribution in [0.5, 0.6) is 0 Å². The van der Waals surface area contributed by atoms with Crippen LogP contribution in [0.3, 0.4) is 0 Å². The molecule has 1 aliphatic heterocycles. The van der Waals surface area contributed by atoms with Gasteiger partial charge in [-0.1, -0.05) is 35.9 Å². The molecule has 0 radical (unpaired) electrons. The first-order chi connectivity index (χ1) is 16.8. The van der Waals surface area contributed by atoms with Crippen LogP contribution in [0.1, 0.15) is 40.7 Å². The van der Waals surface area contributed by atoms with E-state index < -0.39 is 10.0 Å². The Morgan fingerprint density at radius 3 is 2.09 bits per heavy atom. The molecule has 1 N–H and O–H groups in total. The number of amides is 1. The molecule has 3 aromatic rings. The lowest BCUT2D eigenvalue weighted by molar-refractivity contribution is 0.0951. The zero-order valence-electron chi connectivity index (χ0n) is 19.8. The van der Waals surface area contributed by atoms with Gasteiger partial charge in [0.05, 0.1) is 18.5 Å². The van der Waals surface area contributed by atoms with Gasteiger partial charge in [-0.25, -0.2) is 8.42 Å². The van der Waals surface area contributed by atoms with E-state index in [0.717, 1.165) is 24.2 Å². The first kappa shape index (κ1) is 25.1. The van der Waals surface area contributed by atoms with E-state index in [0.29, 0.717) is 22.8 Å². The summed E-state index contributed by atoms with van der Waals surface area (Å²) in [5.41, 5.74) is 4.03. The van der Waals surface area contributed by atoms with Crippen LogP contribution in [0.4, 0.5) is 11.4 Å². The molecule has 0 atom stereocenters. The normalized spacial score (nSPS) is 13.9. The second-order valence-electron chi connectivity index (χ2n) is 8.84. The van der Waals surface area contributed by atoms with Crippen LogP contribution >= 0.6 is 11.6 Å². The Morgan fingerprint density at radius 1 is 0.886 bits per heavy atom. The van der Waals surface area contributed by atoms with Gasteiger partial charge in [0.1, 0.15) is 0 Å². The predicted molar refractivity (Wildman–Crippen MR) is 143 cm³/mol. The van der Waals surface area contributed by atoms with Crippen molar-refractivity contribution in [2.75, 3.05) is 28.6 Å². The third-order valence-corrected chi connectivity index (χ3v) is 7.56. The fraction of sp³-hybridized carbons (Fsp3) is 0.296. The molecule has 184 valence electrons. The Bertz CT molecular complexity index is 1240. The van der Waals surface area contributed by atoms with E-state index in [1.54, 1.807) is 48.5 Å². The van der Waals surface area contributed by atoms with Gasteiger partial charge in [0.15, 0.2) is 0 Å². The molecular weight excluding hydrogens is 482 g/mol. The average Bonchev–Trinajstić information content (AvgIpc) is 2.87. The molecule has 0 aromatic heterocycles. The van der Waals surface area contributed by atoms with Gasteiger partial charge in [0.2, 0.25) is 10.0 Å². The van der Waals surface area contributed by atoms with Gasteiger partial charge in [0, 0.05) is 35.9 Å².